The van der Waals surface area contributed by atoms with Gasteiger partial charge in [-0.15, -0.1) is 0 Å². The van der Waals surface area contributed by atoms with Crippen LogP contribution in [0.4, 0.5) is 13.6 Å². The zero-order valence-electron chi connectivity index (χ0n) is 26.9. The number of methoxy groups -OCH3 is 1. The van der Waals surface area contributed by atoms with Crippen LogP contribution in [0.3, 0.4) is 0 Å². The van der Waals surface area contributed by atoms with Crippen LogP contribution >= 0.6 is 11.6 Å². The van der Waals surface area contributed by atoms with E-state index < -0.39 is 39.8 Å². The molecule has 2 aliphatic rings. The quantitative estimate of drug-likeness (QED) is 0.231. The van der Waals surface area contributed by atoms with Crippen molar-refractivity contribution in [1.29, 1.82) is 0 Å². The molecule has 3 aromatic rings. The van der Waals surface area contributed by atoms with Crippen LogP contribution in [0, 0.1) is 11.6 Å². The Morgan fingerprint density at radius 1 is 1.09 bits per heavy atom. The minimum absolute atomic E-state index is 0.0143. The van der Waals surface area contributed by atoms with Crippen molar-refractivity contribution < 1.29 is 42.1 Å². The fourth-order valence-electron chi connectivity index (χ4n) is 6.02. The van der Waals surface area contributed by atoms with Crippen LogP contribution in [0.2, 0.25) is 5.02 Å². The number of rotatable bonds is 10. The predicted octanol–water partition coefficient (Wildman–Crippen LogP) is 7.00. The molecule has 12 heteroatoms. The Kier molecular flexibility index (Phi) is 10.3. The molecule has 2 amide bonds. The average molecular weight is 673 g/mol. The summed E-state index contributed by atoms with van der Waals surface area (Å²) in [7, 11) is 1.28. The number of hydrogen-bond acceptors (Lipinski definition) is 7. The van der Waals surface area contributed by atoms with Crippen LogP contribution in [-0.4, -0.2) is 62.2 Å². The summed E-state index contributed by atoms with van der Waals surface area (Å²) in [5.74, 6) is -2.92. The maximum absolute atomic E-state index is 16.5. The Bertz CT molecular complexity index is 1630. The van der Waals surface area contributed by atoms with Crippen LogP contribution in [0.15, 0.2) is 48.5 Å². The summed E-state index contributed by atoms with van der Waals surface area (Å²) in [6.45, 7) is 6.25. The monoisotopic (exact) mass is 672 g/mol. The molecule has 9 nitrogen and oxygen atoms in total. The first-order chi connectivity index (χ1) is 22.4. The molecule has 0 aliphatic carbocycles. The number of benzene rings is 3. The summed E-state index contributed by atoms with van der Waals surface area (Å²) in [4.78, 5) is 27.2. The van der Waals surface area contributed by atoms with E-state index in [-0.39, 0.29) is 60.7 Å². The standard InChI is InChI=1S/C35H39ClF2N2O7/c1-34(2,3)40(33(42)43-4)20-35(21-10-6-5-7-11-21)19-23-26(47-35)18-24(37)30(36)28(23)29-22(32(39)41)13-14-25(31(29)38)44-16-17-46-27-12-8-9-15-45-27/h5-7,10-11,13-14,18,27H,8-9,12,15-17,19-20H2,1-4H3,(H2,39,41)/t27-,35+/m0/s1. The van der Waals surface area contributed by atoms with E-state index in [1.54, 1.807) is 0 Å². The van der Waals surface area contributed by atoms with Crippen LogP contribution in [0.1, 0.15) is 61.5 Å². The second-order valence-corrected chi connectivity index (χ2v) is 12.9. The fraction of sp³-hybridized carbons (Fsp3) is 0.429. The highest BCUT2D eigenvalue weighted by Crippen LogP contribution is 2.51. The SMILES string of the molecule is COC(=O)N(C[C@@]1(c2ccccc2)Cc2c(cc(F)c(Cl)c2-c2c(C(N)=O)ccc(OCCO[C@H]3CCCCO3)c2F)O1)C(C)(C)C. The fourth-order valence-corrected chi connectivity index (χ4v) is 6.28. The maximum Gasteiger partial charge on any atom is 0.410 e. The third-order valence-electron chi connectivity index (χ3n) is 8.38. The molecule has 0 unspecified atom stereocenters. The molecular formula is C35H39ClF2N2O7. The number of carbonyl (C=O) groups excluding carboxylic acids is 2. The Morgan fingerprint density at radius 3 is 2.47 bits per heavy atom. The van der Waals surface area contributed by atoms with Crippen molar-refractivity contribution in [2.45, 2.75) is 63.9 Å². The number of halogens is 3. The Balaban J connectivity index is 1.58. The summed E-state index contributed by atoms with van der Waals surface area (Å²) in [6.07, 6.45) is 1.81. The molecule has 1 fully saturated rings. The number of ether oxygens (including phenoxy) is 5. The molecule has 0 spiro atoms. The van der Waals surface area contributed by atoms with Crippen LogP contribution in [0.5, 0.6) is 11.5 Å². The second-order valence-electron chi connectivity index (χ2n) is 12.6. The Labute approximate surface area is 277 Å². The van der Waals surface area contributed by atoms with Crippen molar-refractivity contribution in [2.24, 2.45) is 5.73 Å². The zero-order valence-corrected chi connectivity index (χ0v) is 27.6. The number of primary amides is 1. The first-order valence-electron chi connectivity index (χ1n) is 15.5. The molecule has 0 bridgehead atoms. The lowest BCUT2D eigenvalue weighted by atomic mass is 9.84. The molecule has 2 heterocycles. The van der Waals surface area contributed by atoms with Gasteiger partial charge >= 0.3 is 6.09 Å². The number of nitrogens with two attached hydrogens (primary N) is 1. The van der Waals surface area contributed by atoms with E-state index in [1.807, 2.05) is 51.1 Å². The molecule has 252 valence electrons. The highest BCUT2D eigenvalue weighted by atomic mass is 35.5. The smallest absolute Gasteiger partial charge is 0.410 e. The van der Waals surface area contributed by atoms with Gasteiger partial charge in [0.2, 0.25) is 5.91 Å². The number of amides is 2. The van der Waals surface area contributed by atoms with E-state index in [0.29, 0.717) is 17.7 Å². The number of fused-ring (bicyclic) bond motifs is 1. The van der Waals surface area contributed by atoms with Crippen LogP contribution in [-0.2, 0) is 26.2 Å². The van der Waals surface area contributed by atoms with Crippen molar-refractivity contribution in [3.05, 3.63) is 81.9 Å². The van der Waals surface area contributed by atoms with Crippen molar-refractivity contribution in [1.82, 2.24) is 4.90 Å². The van der Waals surface area contributed by atoms with Crippen molar-refractivity contribution in [3.8, 4) is 22.6 Å². The van der Waals surface area contributed by atoms with Crippen molar-refractivity contribution in [2.75, 3.05) is 33.5 Å². The topological polar surface area (TPSA) is 110 Å². The molecule has 2 aliphatic heterocycles. The molecule has 0 radical (unpaired) electrons. The first kappa shape index (κ1) is 34.4. The lowest BCUT2D eigenvalue weighted by Gasteiger charge is -2.41. The molecule has 1 saturated heterocycles. The highest BCUT2D eigenvalue weighted by molar-refractivity contribution is 6.34. The summed E-state index contributed by atoms with van der Waals surface area (Å²) in [5.41, 5.74) is 4.10. The summed E-state index contributed by atoms with van der Waals surface area (Å²) in [6, 6.07) is 12.8. The van der Waals surface area contributed by atoms with Gasteiger partial charge in [-0.25, -0.2) is 13.6 Å². The largest absolute Gasteiger partial charge is 0.488 e. The molecule has 0 aromatic heterocycles. The number of carbonyl (C=O) groups is 2. The molecule has 5 rings (SSSR count). The maximum atomic E-state index is 16.5. The van der Waals surface area contributed by atoms with Gasteiger partial charge in [0.1, 0.15) is 18.2 Å². The molecule has 2 atom stereocenters. The van der Waals surface area contributed by atoms with Gasteiger partial charge in [-0.2, -0.15) is 0 Å². The molecular weight excluding hydrogens is 634 g/mol. The summed E-state index contributed by atoms with van der Waals surface area (Å²) >= 11 is 6.61. The molecule has 47 heavy (non-hydrogen) atoms. The van der Waals surface area contributed by atoms with Gasteiger partial charge in [0.15, 0.2) is 23.5 Å². The van der Waals surface area contributed by atoms with Gasteiger partial charge in [0.25, 0.3) is 0 Å². The third kappa shape index (κ3) is 7.17. The summed E-state index contributed by atoms with van der Waals surface area (Å²) in [5, 5.41) is -0.423. The molecule has 2 N–H and O–H groups in total. The minimum atomic E-state index is -1.27. The normalized spacial score (nSPS) is 19.1. The minimum Gasteiger partial charge on any atom is -0.488 e. The number of nitrogens with zero attached hydrogens (tertiary/aromatic N) is 1. The second kappa shape index (κ2) is 14.0. The number of hydrogen-bond donors (Lipinski definition) is 1. The lowest BCUT2D eigenvalue weighted by molar-refractivity contribution is -0.165. The van der Waals surface area contributed by atoms with Gasteiger partial charge < -0.3 is 29.4 Å². The van der Waals surface area contributed by atoms with E-state index in [9.17, 15) is 9.59 Å². The van der Waals surface area contributed by atoms with E-state index in [0.717, 1.165) is 25.3 Å². The first-order valence-corrected chi connectivity index (χ1v) is 15.8. The van der Waals surface area contributed by atoms with Gasteiger partial charge in [-0.1, -0.05) is 41.9 Å². The van der Waals surface area contributed by atoms with E-state index in [2.05, 4.69) is 0 Å². The average Bonchev–Trinajstić information content (AvgIpc) is 3.42. The van der Waals surface area contributed by atoms with E-state index in [4.69, 9.17) is 41.0 Å². The zero-order chi connectivity index (χ0) is 33.9. The van der Waals surface area contributed by atoms with Gasteiger partial charge in [-0.3, -0.25) is 9.69 Å². The Morgan fingerprint density at radius 2 is 1.83 bits per heavy atom. The van der Waals surface area contributed by atoms with Crippen LogP contribution < -0.4 is 15.2 Å². The van der Waals surface area contributed by atoms with Crippen LogP contribution in [0.25, 0.3) is 11.1 Å². The van der Waals surface area contributed by atoms with E-state index >= 15 is 8.78 Å². The van der Waals surface area contributed by atoms with Crippen molar-refractivity contribution >= 4 is 23.6 Å². The van der Waals surface area contributed by atoms with Gasteiger partial charge in [-0.05, 0) is 57.7 Å². The highest BCUT2D eigenvalue weighted by Gasteiger charge is 2.48. The summed E-state index contributed by atoms with van der Waals surface area (Å²) < 4.78 is 60.7. The predicted molar refractivity (Wildman–Crippen MR) is 172 cm³/mol. The van der Waals surface area contributed by atoms with Gasteiger partial charge in [0, 0.05) is 41.3 Å². The Hall–Kier alpha value is -3.93. The van der Waals surface area contributed by atoms with Crippen molar-refractivity contribution in [3.63, 3.8) is 0 Å². The lowest BCUT2D eigenvalue weighted by Crippen LogP contribution is -2.54. The molecule has 3 aromatic carbocycles. The van der Waals surface area contributed by atoms with E-state index in [1.165, 1.54) is 24.1 Å². The third-order valence-corrected chi connectivity index (χ3v) is 8.75. The molecule has 0 saturated carbocycles. The van der Waals surface area contributed by atoms with Gasteiger partial charge in [0.05, 0.1) is 30.8 Å².